The summed E-state index contributed by atoms with van der Waals surface area (Å²) in [6.45, 7) is 2.48. The van der Waals surface area contributed by atoms with Crippen molar-refractivity contribution in [1.29, 1.82) is 0 Å². The molecule has 0 spiro atoms. The zero-order valence-electron chi connectivity index (χ0n) is 13.5. The fourth-order valence-corrected chi connectivity index (χ4v) is 3.00. The van der Waals surface area contributed by atoms with E-state index in [1.807, 2.05) is 0 Å². The van der Waals surface area contributed by atoms with Crippen LogP contribution in [0.5, 0.6) is 0 Å². The molecular weight excluding hydrogens is 308 g/mol. The molecular formula is C15H30O6S. The lowest BCUT2D eigenvalue weighted by molar-refractivity contribution is -0.213. The molecule has 1 aliphatic rings. The van der Waals surface area contributed by atoms with Crippen LogP contribution in [0.1, 0.15) is 71.1 Å². The molecule has 132 valence electrons. The van der Waals surface area contributed by atoms with E-state index in [0.717, 1.165) is 12.8 Å². The Labute approximate surface area is 134 Å². The first-order valence-corrected chi connectivity index (χ1v) is 9.76. The smallest absolute Gasteiger partial charge is 0.350 e. The summed E-state index contributed by atoms with van der Waals surface area (Å²) in [6.07, 6.45) is 11.2. The molecule has 0 saturated carbocycles. The normalized spacial score (nSPS) is 22.8. The van der Waals surface area contributed by atoms with Crippen LogP contribution >= 0.6 is 0 Å². The number of hydrogen-bond acceptors (Lipinski definition) is 5. The van der Waals surface area contributed by atoms with Crippen molar-refractivity contribution in [2.45, 2.75) is 83.5 Å². The van der Waals surface area contributed by atoms with E-state index >= 15 is 0 Å². The molecule has 1 N–H and O–H groups in total. The van der Waals surface area contributed by atoms with Gasteiger partial charge in [0.05, 0.1) is 13.2 Å². The van der Waals surface area contributed by atoms with Gasteiger partial charge in [0, 0.05) is 0 Å². The van der Waals surface area contributed by atoms with E-state index in [0.29, 0.717) is 0 Å². The van der Waals surface area contributed by atoms with Crippen molar-refractivity contribution in [3.8, 4) is 0 Å². The molecule has 0 atom stereocenters. The number of ether oxygens (including phenoxy) is 2. The average molecular weight is 338 g/mol. The molecule has 0 aromatic heterocycles. The second-order valence-electron chi connectivity index (χ2n) is 5.86. The van der Waals surface area contributed by atoms with E-state index in [2.05, 4.69) is 11.1 Å². The van der Waals surface area contributed by atoms with Gasteiger partial charge in [0.1, 0.15) is 6.10 Å². The third kappa shape index (κ3) is 10.5. The Kier molecular flexibility index (Phi) is 10.2. The molecule has 1 rings (SSSR count). The SMILES string of the molecule is CCCCCCCCCCC[C@H]1OC[C@@H](OS(=O)(=O)O)CO1. The average Bonchev–Trinajstić information content (AvgIpc) is 2.46. The Balaban J connectivity index is 1.93. The lowest BCUT2D eigenvalue weighted by Gasteiger charge is -2.28. The highest BCUT2D eigenvalue weighted by Gasteiger charge is 2.26. The monoisotopic (exact) mass is 338 g/mol. The summed E-state index contributed by atoms with van der Waals surface area (Å²) in [5.74, 6) is 0. The van der Waals surface area contributed by atoms with Crippen molar-refractivity contribution in [1.82, 2.24) is 0 Å². The van der Waals surface area contributed by atoms with E-state index in [1.165, 1.54) is 51.4 Å². The Morgan fingerprint density at radius 2 is 1.45 bits per heavy atom. The number of rotatable bonds is 12. The zero-order valence-corrected chi connectivity index (χ0v) is 14.4. The quantitative estimate of drug-likeness (QED) is 0.433. The molecule has 1 heterocycles. The Morgan fingerprint density at radius 3 is 1.95 bits per heavy atom. The van der Waals surface area contributed by atoms with Gasteiger partial charge in [-0.1, -0.05) is 58.3 Å². The molecule has 0 radical (unpaired) electrons. The van der Waals surface area contributed by atoms with Crippen LogP contribution in [0.15, 0.2) is 0 Å². The van der Waals surface area contributed by atoms with Crippen molar-refractivity contribution in [3.63, 3.8) is 0 Å². The standard InChI is InChI=1S/C15H30O6S/c1-2-3-4-5-6-7-8-9-10-11-15-19-12-14(13-20-15)21-22(16,17)18/h14-15H,2-13H2,1H3,(H,16,17,18)/t14-,15+. The minimum Gasteiger partial charge on any atom is -0.350 e. The van der Waals surface area contributed by atoms with Gasteiger partial charge in [0.2, 0.25) is 0 Å². The fourth-order valence-electron chi connectivity index (χ4n) is 2.54. The number of unbranched alkanes of at least 4 members (excludes halogenated alkanes) is 8. The predicted molar refractivity (Wildman–Crippen MR) is 84.0 cm³/mol. The Bertz CT molecular complexity index is 362. The summed E-state index contributed by atoms with van der Waals surface area (Å²) in [7, 11) is -4.44. The van der Waals surface area contributed by atoms with E-state index in [9.17, 15) is 8.42 Å². The van der Waals surface area contributed by atoms with Crippen molar-refractivity contribution in [3.05, 3.63) is 0 Å². The first-order valence-electron chi connectivity index (χ1n) is 8.40. The maximum Gasteiger partial charge on any atom is 0.397 e. The second-order valence-corrected chi connectivity index (χ2v) is 6.91. The van der Waals surface area contributed by atoms with Crippen molar-refractivity contribution < 1.29 is 26.6 Å². The molecule has 0 aliphatic carbocycles. The highest BCUT2D eigenvalue weighted by molar-refractivity contribution is 7.80. The second kappa shape index (κ2) is 11.3. The molecule has 0 unspecified atom stereocenters. The summed E-state index contributed by atoms with van der Waals surface area (Å²) in [4.78, 5) is 0. The van der Waals surface area contributed by atoms with Crippen LogP contribution < -0.4 is 0 Å². The minimum absolute atomic E-state index is 0.127. The first kappa shape index (κ1) is 19.8. The molecule has 0 bridgehead atoms. The highest BCUT2D eigenvalue weighted by atomic mass is 32.3. The van der Waals surface area contributed by atoms with Crippen LogP contribution in [0, 0.1) is 0 Å². The van der Waals surface area contributed by atoms with Crippen molar-refractivity contribution >= 4 is 10.4 Å². The molecule has 6 nitrogen and oxygen atoms in total. The van der Waals surface area contributed by atoms with Gasteiger partial charge in [-0.2, -0.15) is 8.42 Å². The summed E-state index contributed by atoms with van der Waals surface area (Å²) in [5.41, 5.74) is 0. The maximum atomic E-state index is 10.6. The van der Waals surface area contributed by atoms with Crippen LogP contribution in [0.4, 0.5) is 0 Å². The molecule has 1 fully saturated rings. The van der Waals surface area contributed by atoms with Crippen LogP contribution in [0.3, 0.4) is 0 Å². The van der Waals surface area contributed by atoms with Crippen molar-refractivity contribution in [2.24, 2.45) is 0 Å². The van der Waals surface area contributed by atoms with Gasteiger partial charge in [-0.25, -0.2) is 4.18 Å². The molecule has 0 aromatic carbocycles. The topological polar surface area (TPSA) is 82.1 Å². The van der Waals surface area contributed by atoms with Crippen LogP contribution in [0.25, 0.3) is 0 Å². The van der Waals surface area contributed by atoms with Gasteiger partial charge in [-0.15, -0.1) is 0 Å². The van der Waals surface area contributed by atoms with E-state index in [4.69, 9.17) is 14.0 Å². The van der Waals surface area contributed by atoms with Gasteiger partial charge in [0.15, 0.2) is 6.29 Å². The van der Waals surface area contributed by atoms with E-state index < -0.39 is 16.5 Å². The van der Waals surface area contributed by atoms with Crippen LogP contribution in [-0.2, 0) is 24.1 Å². The molecule has 0 aromatic rings. The summed E-state index contributed by atoms with van der Waals surface area (Å²) < 4.78 is 44.9. The zero-order chi connectivity index (χ0) is 16.3. The Morgan fingerprint density at radius 1 is 0.955 bits per heavy atom. The third-order valence-corrected chi connectivity index (χ3v) is 4.25. The predicted octanol–water partition coefficient (Wildman–Crippen LogP) is 3.47. The molecule has 22 heavy (non-hydrogen) atoms. The largest absolute Gasteiger partial charge is 0.397 e. The van der Waals surface area contributed by atoms with Gasteiger partial charge in [0.25, 0.3) is 0 Å². The number of hydrogen-bond donors (Lipinski definition) is 1. The fraction of sp³-hybridized carbons (Fsp3) is 1.00. The summed E-state index contributed by atoms with van der Waals surface area (Å²) >= 11 is 0. The first-order chi connectivity index (χ1) is 10.5. The molecule has 0 amide bonds. The maximum absolute atomic E-state index is 10.6. The molecule has 1 saturated heterocycles. The summed E-state index contributed by atoms with van der Waals surface area (Å²) in [5, 5.41) is 0. The molecule has 7 heteroatoms. The van der Waals surface area contributed by atoms with E-state index in [1.54, 1.807) is 0 Å². The van der Waals surface area contributed by atoms with Gasteiger partial charge >= 0.3 is 10.4 Å². The van der Waals surface area contributed by atoms with E-state index in [-0.39, 0.29) is 19.5 Å². The van der Waals surface area contributed by atoms with Crippen LogP contribution in [0.2, 0.25) is 0 Å². The lowest BCUT2D eigenvalue weighted by Crippen LogP contribution is -2.38. The summed E-state index contributed by atoms with van der Waals surface area (Å²) in [6, 6.07) is 0. The Hall–Kier alpha value is -0.210. The van der Waals surface area contributed by atoms with Gasteiger partial charge in [-0.3, -0.25) is 4.55 Å². The van der Waals surface area contributed by atoms with Gasteiger partial charge < -0.3 is 9.47 Å². The highest BCUT2D eigenvalue weighted by Crippen LogP contribution is 2.17. The van der Waals surface area contributed by atoms with Gasteiger partial charge in [-0.05, 0) is 12.8 Å². The third-order valence-electron chi connectivity index (χ3n) is 3.74. The van der Waals surface area contributed by atoms with Crippen LogP contribution in [-0.4, -0.2) is 38.6 Å². The lowest BCUT2D eigenvalue weighted by atomic mass is 10.1. The minimum atomic E-state index is -4.44. The van der Waals surface area contributed by atoms with Crippen molar-refractivity contribution in [2.75, 3.05) is 13.2 Å². The molecule has 1 aliphatic heterocycles.